The fourth-order valence-corrected chi connectivity index (χ4v) is 2.82. The Bertz CT molecular complexity index is 564. The molecule has 1 aromatic rings. The van der Waals surface area contributed by atoms with Crippen molar-refractivity contribution < 1.29 is 8.42 Å². The molecule has 0 aliphatic heterocycles. The zero-order valence-electron chi connectivity index (χ0n) is 10.3. The van der Waals surface area contributed by atoms with Gasteiger partial charge in [-0.3, -0.25) is 0 Å². The highest BCUT2D eigenvalue weighted by Gasteiger charge is 2.13. The first-order chi connectivity index (χ1) is 8.38. The zero-order chi connectivity index (χ0) is 13.8. The van der Waals surface area contributed by atoms with Gasteiger partial charge in [0, 0.05) is 17.5 Å². The molecule has 0 heterocycles. The van der Waals surface area contributed by atoms with Gasteiger partial charge >= 0.3 is 0 Å². The summed E-state index contributed by atoms with van der Waals surface area (Å²) in [5.74, 6) is 0.203. The molecule has 1 rings (SSSR count). The maximum absolute atomic E-state index is 11.5. The summed E-state index contributed by atoms with van der Waals surface area (Å²) < 4.78 is 22.9. The SMILES string of the molecule is CCS(=O)(=O)C[C@@H](C)Nc1ccc(C#N)c(Cl)c1. The van der Waals surface area contributed by atoms with Crippen LogP contribution in [0.4, 0.5) is 5.69 Å². The smallest absolute Gasteiger partial charge is 0.152 e. The third-order valence-corrected chi connectivity index (χ3v) is 4.65. The summed E-state index contributed by atoms with van der Waals surface area (Å²) in [5.41, 5.74) is 1.11. The molecule has 0 saturated carbocycles. The summed E-state index contributed by atoms with van der Waals surface area (Å²) >= 11 is 5.89. The molecule has 18 heavy (non-hydrogen) atoms. The highest BCUT2D eigenvalue weighted by atomic mass is 35.5. The first-order valence-corrected chi connectivity index (χ1v) is 7.74. The summed E-state index contributed by atoms with van der Waals surface area (Å²) in [4.78, 5) is 0. The lowest BCUT2D eigenvalue weighted by Crippen LogP contribution is -2.26. The van der Waals surface area contributed by atoms with Crippen molar-refractivity contribution in [3.05, 3.63) is 28.8 Å². The van der Waals surface area contributed by atoms with Gasteiger partial charge in [-0.25, -0.2) is 8.42 Å². The zero-order valence-corrected chi connectivity index (χ0v) is 11.8. The van der Waals surface area contributed by atoms with E-state index in [0.717, 1.165) is 0 Å². The number of halogens is 1. The quantitative estimate of drug-likeness (QED) is 0.902. The molecule has 1 atom stereocenters. The number of rotatable bonds is 5. The number of nitriles is 1. The largest absolute Gasteiger partial charge is 0.382 e. The van der Waals surface area contributed by atoms with E-state index in [1.807, 2.05) is 6.07 Å². The second-order valence-corrected chi connectivity index (χ2v) is 6.86. The number of nitrogens with one attached hydrogen (secondary N) is 1. The van der Waals surface area contributed by atoms with Crippen LogP contribution in [0.1, 0.15) is 19.4 Å². The van der Waals surface area contributed by atoms with E-state index >= 15 is 0 Å². The minimum absolute atomic E-state index is 0.0706. The van der Waals surface area contributed by atoms with Crippen molar-refractivity contribution in [2.75, 3.05) is 16.8 Å². The summed E-state index contributed by atoms with van der Waals surface area (Å²) in [5, 5.41) is 12.1. The highest BCUT2D eigenvalue weighted by molar-refractivity contribution is 7.91. The van der Waals surface area contributed by atoms with Gasteiger partial charge in [-0.15, -0.1) is 0 Å². The molecule has 0 radical (unpaired) electrons. The summed E-state index contributed by atoms with van der Waals surface area (Å²) in [7, 11) is -3.01. The number of hydrogen-bond acceptors (Lipinski definition) is 4. The van der Waals surface area contributed by atoms with Crippen molar-refractivity contribution in [3.63, 3.8) is 0 Å². The molecule has 1 aromatic carbocycles. The van der Waals surface area contributed by atoms with Crippen molar-refractivity contribution in [1.82, 2.24) is 0 Å². The minimum atomic E-state index is -3.01. The average molecular weight is 287 g/mol. The summed E-state index contributed by atoms with van der Waals surface area (Å²) in [6.07, 6.45) is 0. The third-order valence-electron chi connectivity index (χ3n) is 2.45. The second kappa shape index (κ2) is 6.07. The summed E-state index contributed by atoms with van der Waals surface area (Å²) in [6.45, 7) is 3.42. The Morgan fingerprint density at radius 1 is 1.50 bits per heavy atom. The molecule has 0 fully saturated rings. The monoisotopic (exact) mass is 286 g/mol. The predicted molar refractivity (Wildman–Crippen MR) is 73.6 cm³/mol. The van der Waals surface area contributed by atoms with Gasteiger partial charge in [-0.05, 0) is 25.1 Å². The number of benzene rings is 1. The molecule has 6 heteroatoms. The first kappa shape index (κ1) is 14.8. The standard InChI is InChI=1S/C12H15ClN2O2S/c1-3-18(16,17)8-9(2)15-11-5-4-10(7-14)12(13)6-11/h4-6,9,15H,3,8H2,1-2H3/t9-/m1/s1. The van der Waals surface area contributed by atoms with Crippen LogP contribution in [0.15, 0.2) is 18.2 Å². The fraction of sp³-hybridized carbons (Fsp3) is 0.417. The molecule has 0 unspecified atom stereocenters. The van der Waals surface area contributed by atoms with Crippen LogP contribution in [0.3, 0.4) is 0 Å². The van der Waals surface area contributed by atoms with Crippen LogP contribution >= 0.6 is 11.6 Å². The fourth-order valence-electron chi connectivity index (χ4n) is 1.52. The molecular weight excluding hydrogens is 272 g/mol. The molecular formula is C12H15ClN2O2S. The Labute approximate surface area is 112 Å². The number of hydrogen-bond donors (Lipinski definition) is 1. The Morgan fingerprint density at radius 3 is 2.67 bits per heavy atom. The molecule has 0 aromatic heterocycles. The molecule has 4 nitrogen and oxygen atoms in total. The van der Waals surface area contributed by atoms with Crippen LogP contribution in [0, 0.1) is 11.3 Å². The van der Waals surface area contributed by atoms with E-state index in [1.165, 1.54) is 0 Å². The van der Waals surface area contributed by atoms with E-state index < -0.39 is 9.84 Å². The van der Waals surface area contributed by atoms with Crippen LogP contribution in [0.2, 0.25) is 5.02 Å². The van der Waals surface area contributed by atoms with Gasteiger partial charge in [0.1, 0.15) is 6.07 Å². The molecule has 0 spiro atoms. The van der Waals surface area contributed by atoms with Gasteiger partial charge in [0.2, 0.25) is 0 Å². The van der Waals surface area contributed by atoms with E-state index in [0.29, 0.717) is 16.3 Å². The normalized spacial score (nSPS) is 12.8. The van der Waals surface area contributed by atoms with Gasteiger partial charge in [-0.1, -0.05) is 18.5 Å². The lowest BCUT2D eigenvalue weighted by molar-refractivity contribution is 0.593. The van der Waals surface area contributed by atoms with Crippen molar-refractivity contribution in [3.8, 4) is 6.07 Å². The van der Waals surface area contributed by atoms with E-state index in [2.05, 4.69) is 5.32 Å². The van der Waals surface area contributed by atoms with Gasteiger partial charge in [0.05, 0.1) is 16.3 Å². The second-order valence-electron chi connectivity index (χ2n) is 4.05. The lowest BCUT2D eigenvalue weighted by atomic mass is 10.2. The van der Waals surface area contributed by atoms with Crippen molar-refractivity contribution in [2.24, 2.45) is 0 Å². The van der Waals surface area contributed by atoms with E-state index in [-0.39, 0.29) is 17.5 Å². The summed E-state index contributed by atoms with van der Waals surface area (Å²) in [6, 6.07) is 6.69. The molecule has 0 amide bonds. The van der Waals surface area contributed by atoms with Gasteiger partial charge in [-0.2, -0.15) is 5.26 Å². The Hall–Kier alpha value is -1.25. The van der Waals surface area contributed by atoms with Crippen molar-refractivity contribution >= 4 is 27.1 Å². The van der Waals surface area contributed by atoms with Crippen LogP contribution < -0.4 is 5.32 Å². The Balaban J connectivity index is 2.74. The molecule has 0 bridgehead atoms. The third kappa shape index (κ3) is 4.21. The molecule has 0 aliphatic rings. The molecule has 0 saturated heterocycles. The minimum Gasteiger partial charge on any atom is -0.382 e. The molecule has 0 aliphatic carbocycles. The van der Waals surface area contributed by atoms with E-state index in [4.69, 9.17) is 16.9 Å². The molecule has 98 valence electrons. The lowest BCUT2D eigenvalue weighted by Gasteiger charge is -2.15. The predicted octanol–water partition coefficient (Wildman–Crippen LogP) is 2.45. The van der Waals surface area contributed by atoms with Crippen LogP contribution in [-0.2, 0) is 9.84 Å². The maximum Gasteiger partial charge on any atom is 0.152 e. The van der Waals surface area contributed by atoms with Gasteiger partial charge < -0.3 is 5.32 Å². The number of anilines is 1. The maximum atomic E-state index is 11.5. The Kier molecular flexibility index (Phi) is 5.00. The van der Waals surface area contributed by atoms with Crippen molar-refractivity contribution in [2.45, 2.75) is 19.9 Å². The molecule has 1 N–H and O–H groups in total. The van der Waals surface area contributed by atoms with Crippen LogP contribution in [-0.4, -0.2) is 26.0 Å². The van der Waals surface area contributed by atoms with Crippen molar-refractivity contribution in [1.29, 1.82) is 5.26 Å². The van der Waals surface area contributed by atoms with Gasteiger partial charge in [0.25, 0.3) is 0 Å². The van der Waals surface area contributed by atoms with E-state index in [9.17, 15) is 8.42 Å². The Morgan fingerprint density at radius 2 is 2.17 bits per heavy atom. The average Bonchev–Trinajstić information content (AvgIpc) is 2.28. The first-order valence-electron chi connectivity index (χ1n) is 5.54. The number of sulfone groups is 1. The van der Waals surface area contributed by atoms with Crippen LogP contribution in [0.5, 0.6) is 0 Å². The highest BCUT2D eigenvalue weighted by Crippen LogP contribution is 2.20. The van der Waals surface area contributed by atoms with Gasteiger partial charge in [0.15, 0.2) is 9.84 Å². The van der Waals surface area contributed by atoms with Crippen LogP contribution in [0.25, 0.3) is 0 Å². The number of nitrogens with zero attached hydrogens (tertiary/aromatic N) is 1. The van der Waals surface area contributed by atoms with E-state index in [1.54, 1.807) is 32.0 Å². The topological polar surface area (TPSA) is 70.0 Å².